The van der Waals surface area contributed by atoms with Crippen LogP contribution in [0, 0.1) is 12.7 Å². The van der Waals surface area contributed by atoms with Crippen molar-refractivity contribution >= 4 is 22.7 Å². The van der Waals surface area contributed by atoms with Gasteiger partial charge in [0.15, 0.2) is 0 Å². The van der Waals surface area contributed by atoms with Gasteiger partial charge in [0.05, 0.1) is 0 Å². The Labute approximate surface area is 147 Å². The number of nitrogens with one attached hydrogen (secondary N) is 1. The average Bonchev–Trinajstić information content (AvgIpc) is 2.89. The van der Waals surface area contributed by atoms with Crippen molar-refractivity contribution in [2.24, 2.45) is 0 Å². The Kier molecular flexibility index (Phi) is 5.27. The SMILES string of the molecule is Cc1ccc2[nH]c(CCN(C)C)c(CSc3ccc(F)cc3)c2c1. The van der Waals surface area contributed by atoms with E-state index >= 15 is 0 Å². The lowest BCUT2D eigenvalue weighted by Crippen LogP contribution is -2.15. The first-order valence-corrected chi connectivity index (χ1v) is 9.14. The van der Waals surface area contributed by atoms with Gasteiger partial charge in [-0.05, 0) is 63.0 Å². The van der Waals surface area contributed by atoms with E-state index in [0.717, 1.165) is 23.6 Å². The Morgan fingerprint density at radius 1 is 1.08 bits per heavy atom. The van der Waals surface area contributed by atoms with Gasteiger partial charge in [-0.1, -0.05) is 11.6 Å². The summed E-state index contributed by atoms with van der Waals surface area (Å²) in [6.07, 6.45) is 1.00. The highest BCUT2D eigenvalue weighted by molar-refractivity contribution is 7.98. The van der Waals surface area contributed by atoms with E-state index in [1.807, 2.05) is 12.1 Å². The van der Waals surface area contributed by atoms with Crippen molar-refractivity contribution in [3.63, 3.8) is 0 Å². The number of thioether (sulfide) groups is 1. The Morgan fingerprint density at radius 3 is 2.54 bits per heavy atom. The van der Waals surface area contributed by atoms with Gasteiger partial charge in [0.25, 0.3) is 0 Å². The number of nitrogens with zero attached hydrogens (tertiary/aromatic N) is 1. The highest BCUT2D eigenvalue weighted by atomic mass is 32.2. The van der Waals surface area contributed by atoms with E-state index < -0.39 is 0 Å². The Balaban J connectivity index is 1.89. The summed E-state index contributed by atoms with van der Waals surface area (Å²) in [7, 11) is 4.19. The number of hydrogen-bond donors (Lipinski definition) is 1. The molecule has 126 valence electrons. The van der Waals surface area contributed by atoms with Crippen molar-refractivity contribution in [1.29, 1.82) is 0 Å². The molecule has 0 atom stereocenters. The molecule has 1 aromatic heterocycles. The molecule has 24 heavy (non-hydrogen) atoms. The number of benzene rings is 2. The van der Waals surface area contributed by atoms with Crippen LogP contribution < -0.4 is 0 Å². The van der Waals surface area contributed by atoms with Gasteiger partial charge in [0.2, 0.25) is 0 Å². The first-order chi connectivity index (χ1) is 11.5. The van der Waals surface area contributed by atoms with Gasteiger partial charge < -0.3 is 9.88 Å². The number of halogens is 1. The third-order valence-corrected chi connectivity index (χ3v) is 5.19. The van der Waals surface area contributed by atoms with E-state index in [2.05, 4.69) is 49.1 Å². The summed E-state index contributed by atoms with van der Waals surface area (Å²) in [6.45, 7) is 3.14. The van der Waals surface area contributed by atoms with Gasteiger partial charge in [-0.15, -0.1) is 11.8 Å². The van der Waals surface area contributed by atoms with Crippen LogP contribution in [0.15, 0.2) is 47.4 Å². The predicted molar refractivity (Wildman–Crippen MR) is 101 cm³/mol. The lowest BCUT2D eigenvalue weighted by atomic mass is 10.1. The minimum atomic E-state index is -0.186. The van der Waals surface area contributed by atoms with Crippen molar-refractivity contribution in [1.82, 2.24) is 9.88 Å². The van der Waals surface area contributed by atoms with Crippen molar-refractivity contribution in [2.75, 3.05) is 20.6 Å². The maximum Gasteiger partial charge on any atom is 0.123 e. The molecule has 0 amide bonds. The topological polar surface area (TPSA) is 19.0 Å². The maximum absolute atomic E-state index is 13.1. The number of likely N-dealkylation sites (N-methyl/N-ethyl adjacent to an activating group) is 1. The summed E-state index contributed by atoms with van der Waals surface area (Å²) < 4.78 is 13.1. The average molecular weight is 342 g/mol. The summed E-state index contributed by atoms with van der Waals surface area (Å²) in [5.41, 5.74) is 5.14. The number of fused-ring (bicyclic) bond motifs is 1. The van der Waals surface area contributed by atoms with Crippen LogP contribution in [0.1, 0.15) is 16.8 Å². The van der Waals surface area contributed by atoms with Crippen LogP contribution in [-0.2, 0) is 12.2 Å². The fourth-order valence-corrected chi connectivity index (χ4v) is 3.79. The van der Waals surface area contributed by atoms with Crippen LogP contribution in [0.25, 0.3) is 10.9 Å². The van der Waals surface area contributed by atoms with Gasteiger partial charge in [-0.25, -0.2) is 4.39 Å². The molecule has 0 aliphatic heterocycles. The summed E-state index contributed by atoms with van der Waals surface area (Å²) in [4.78, 5) is 6.89. The van der Waals surface area contributed by atoms with Crippen molar-refractivity contribution in [3.05, 3.63) is 65.1 Å². The second kappa shape index (κ2) is 7.41. The zero-order chi connectivity index (χ0) is 17.1. The molecule has 0 radical (unpaired) electrons. The van der Waals surface area contributed by atoms with Gasteiger partial charge in [-0.2, -0.15) is 0 Å². The van der Waals surface area contributed by atoms with Gasteiger partial charge >= 0.3 is 0 Å². The number of aromatic amines is 1. The second-order valence-corrected chi connectivity index (χ2v) is 7.48. The zero-order valence-electron chi connectivity index (χ0n) is 14.4. The standard InChI is InChI=1S/C20H23FN2S/c1-14-4-9-19-17(12-14)18(20(22-19)10-11-23(2)3)13-24-16-7-5-15(21)6-8-16/h4-9,12,22H,10-11,13H2,1-3H3. The lowest BCUT2D eigenvalue weighted by molar-refractivity contribution is 0.412. The molecule has 0 bridgehead atoms. The second-order valence-electron chi connectivity index (χ2n) is 6.43. The van der Waals surface area contributed by atoms with Crippen LogP contribution in [-0.4, -0.2) is 30.5 Å². The molecule has 0 aliphatic carbocycles. The number of hydrogen-bond acceptors (Lipinski definition) is 2. The molecule has 2 aromatic carbocycles. The number of rotatable bonds is 6. The normalized spacial score (nSPS) is 11.5. The quantitative estimate of drug-likeness (QED) is 0.635. The zero-order valence-corrected chi connectivity index (χ0v) is 15.2. The minimum Gasteiger partial charge on any atom is -0.358 e. The molecular formula is C20H23FN2S. The fourth-order valence-electron chi connectivity index (χ4n) is 2.82. The number of aryl methyl sites for hydroxylation is 1. The number of aromatic nitrogens is 1. The minimum absolute atomic E-state index is 0.186. The van der Waals surface area contributed by atoms with Crippen LogP contribution in [0.5, 0.6) is 0 Å². The molecule has 1 N–H and O–H groups in total. The molecule has 4 heteroatoms. The van der Waals surface area contributed by atoms with Crippen LogP contribution in [0.3, 0.4) is 0 Å². The highest BCUT2D eigenvalue weighted by Crippen LogP contribution is 2.31. The number of H-pyrrole nitrogens is 1. The summed E-state index contributed by atoms with van der Waals surface area (Å²) in [5.74, 6) is 0.700. The van der Waals surface area contributed by atoms with Crippen molar-refractivity contribution in [2.45, 2.75) is 24.0 Å². The highest BCUT2D eigenvalue weighted by Gasteiger charge is 2.12. The smallest absolute Gasteiger partial charge is 0.123 e. The monoisotopic (exact) mass is 342 g/mol. The first-order valence-electron chi connectivity index (χ1n) is 8.16. The molecule has 2 nitrogen and oxygen atoms in total. The summed E-state index contributed by atoms with van der Waals surface area (Å²) in [5, 5.41) is 1.30. The Morgan fingerprint density at radius 2 is 1.83 bits per heavy atom. The molecule has 3 aromatic rings. The molecule has 0 spiro atoms. The largest absolute Gasteiger partial charge is 0.358 e. The molecule has 0 saturated carbocycles. The van der Waals surface area contributed by atoms with Gasteiger partial charge in [0, 0.05) is 40.2 Å². The van der Waals surface area contributed by atoms with Crippen LogP contribution >= 0.6 is 11.8 Å². The third kappa shape index (κ3) is 4.00. The lowest BCUT2D eigenvalue weighted by Gasteiger charge is -2.10. The van der Waals surface area contributed by atoms with Gasteiger partial charge in [0.1, 0.15) is 5.82 Å². The molecule has 0 fully saturated rings. The molecule has 0 unspecified atom stereocenters. The van der Waals surface area contributed by atoms with Crippen molar-refractivity contribution < 1.29 is 4.39 Å². The summed E-state index contributed by atoms with van der Waals surface area (Å²) in [6, 6.07) is 13.3. The molecule has 0 saturated heterocycles. The van der Waals surface area contributed by atoms with E-state index in [1.165, 1.54) is 39.9 Å². The van der Waals surface area contributed by atoms with E-state index in [0.29, 0.717) is 0 Å². The van der Waals surface area contributed by atoms with Crippen molar-refractivity contribution in [3.8, 4) is 0 Å². The van der Waals surface area contributed by atoms with E-state index in [1.54, 1.807) is 11.8 Å². The molecule has 3 rings (SSSR count). The van der Waals surface area contributed by atoms with Crippen LogP contribution in [0.2, 0.25) is 0 Å². The van der Waals surface area contributed by atoms with Crippen LogP contribution in [0.4, 0.5) is 4.39 Å². The summed E-state index contributed by atoms with van der Waals surface area (Å²) >= 11 is 1.76. The van der Waals surface area contributed by atoms with E-state index in [-0.39, 0.29) is 5.82 Å². The van der Waals surface area contributed by atoms with E-state index in [4.69, 9.17) is 0 Å². The maximum atomic E-state index is 13.1. The molecule has 0 aliphatic rings. The molecule has 1 heterocycles. The first kappa shape index (κ1) is 17.1. The van der Waals surface area contributed by atoms with Gasteiger partial charge in [-0.3, -0.25) is 0 Å². The Hall–Kier alpha value is -1.78. The third-order valence-electron chi connectivity index (χ3n) is 4.16. The Bertz CT molecular complexity index is 822. The van der Waals surface area contributed by atoms with E-state index in [9.17, 15) is 4.39 Å². The fraction of sp³-hybridized carbons (Fsp3) is 0.300. The predicted octanol–water partition coefficient (Wildman–Crippen LogP) is 5.01. The molecular weight excluding hydrogens is 319 g/mol.